The first-order valence-corrected chi connectivity index (χ1v) is 12.6. The highest BCUT2D eigenvalue weighted by Gasteiger charge is 2.31. The smallest absolute Gasteiger partial charge is 0.263 e. The summed E-state index contributed by atoms with van der Waals surface area (Å²) in [5.41, 5.74) is 6.08. The molecule has 1 aliphatic rings. The van der Waals surface area contributed by atoms with Crippen LogP contribution in [0.25, 0.3) is 10.9 Å². The van der Waals surface area contributed by atoms with Crippen molar-refractivity contribution in [2.75, 3.05) is 5.43 Å². The van der Waals surface area contributed by atoms with E-state index in [4.69, 9.17) is 0 Å². The number of rotatable bonds is 8. The molecule has 11 heteroatoms. The second-order valence-electron chi connectivity index (χ2n) is 7.85. The van der Waals surface area contributed by atoms with Crippen LogP contribution >= 0.6 is 0 Å². The second kappa shape index (κ2) is 9.64. The number of aromatic nitrogens is 2. The fourth-order valence-electron chi connectivity index (χ4n) is 3.79. The number of nitrogens with zero attached hydrogens (tertiary/aromatic N) is 3. The van der Waals surface area contributed by atoms with Crippen molar-refractivity contribution in [1.82, 2.24) is 19.7 Å². The molecule has 0 saturated carbocycles. The minimum Gasteiger partial charge on any atom is -0.277 e. The number of carbonyl (C=O) groups is 1. The third kappa shape index (κ3) is 4.51. The van der Waals surface area contributed by atoms with Crippen LogP contribution in [-0.4, -0.2) is 35.8 Å². The van der Waals surface area contributed by atoms with Crippen molar-refractivity contribution in [3.63, 3.8) is 0 Å². The molecule has 1 atom stereocenters. The first-order valence-electron chi connectivity index (χ1n) is 11.1. The van der Waals surface area contributed by atoms with Gasteiger partial charge in [0.05, 0.1) is 15.8 Å². The Balaban J connectivity index is 1.60. The Labute approximate surface area is 197 Å². The lowest BCUT2D eigenvalue weighted by Gasteiger charge is -2.17. The van der Waals surface area contributed by atoms with E-state index in [1.165, 1.54) is 10.6 Å². The van der Waals surface area contributed by atoms with Crippen molar-refractivity contribution in [3.8, 4) is 0 Å². The number of nitrogens with one attached hydrogen (secondary N) is 3. The topological polar surface area (TPSA) is 135 Å². The van der Waals surface area contributed by atoms with E-state index in [2.05, 4.69) is 25.6 Å². The summed E-state index contributed by atoms with van der Waals surface area (Å²) in [5, 5.41) is 0.487. The van der Waals surface area contributed by atoms with Crippen LogP contribution in [0.2, 0.25) is 0 Å². The predicted molar refractivity (Wildman–Crippen MR) is 130 cm³/mol. The monoisotopic (exact) mass is 482 g/mol. The van der Waals surface area contributed by atoms with Gasteiger partial charge < -0.3 is 0 Å². The van der Waals surface area contributed by atoms with Gasteiger partial charge in [-0.05, 0) is 37.6 Å². The predicted octanol–water partition coefficient (Wildman–Crippen LogP) is 2.16. The van der Waals surface area contributed by atoms with Gasteiger partial charge in [0.2, 0.25) is 5.95 Å². The van der Waals surface area contributed by atoms with Gasteiger partial charge in [-0.3, -0.25) is 34.7 Å². The Bertz CT molecular complexity index is 1430. The zero-order valence-electron chi connectivity index (χ0n) is 18.9. The minimum atomic E-state index is -3.71. The van der Waals surface area contributed by atoms with Crippen molar-refractivity contribution >= 4 is 38.6 Å². The number of sulfonamides is 1. The van der Waals surface area contributed by atoms with Crippen molar-refractivity contribution in [2.24, 2.45) is 4.99 Å². The number of unbranched alkanes of at least 4 members (excludes halogenated alkanes) is 1. The molecular weight excluding hydrogens is 456 g/mol. The van der Waals surface area contributed by atoms with Gasteiger partial charge in [0.25, 0.3) is 21.5 Å². The normalized spacial score (nSPS) is 16.1. The number of anilines is 1. The molecule has 4 rings (SSSR count). The maximum Gasteiger partial charge on any atom is 0.263 e. The van der Waals surface area contributed by atoms with Crippen LogP contribution in [0.5, 0.6) is 0 Å². The van der Waals surface area contributed by atoms with Gasteiger partial charge in [0.1, 0.15) is 11.9 Å². The Kier molecular flexibility index (Phi) is 6.64. The van der Waals surface area contributed by atoms with Gasteiger partial charge in [-0.1, -0.05) is 44.0 Å². The highest BCUT2D eigenvalue weighted by atomic mass is 32.2. The molecule has 1 aromatic heterocycles. The summed E-state index contributed by atoms with van der Waals surface area (Å²) in [4.78, 5) is 34.9. The van der Waals surface area contributed by atoms with Crippen LogP contribution in [0.15, 0.2) is 63.2 Å². The number of hydrogen-bond donors (Lipinski definition) is 3. The molecule has 1 amide bonds. The first kappa shape index (κ1) is 23.4. The molecule has 0 aliphatic carbocycles. The Hall–Kier alpha value is -3.73. The van der Waals surface area contributed by atoms with Crippen molar-refractivity contribution in [2.45, 2.75) is 50.6 Å². The van der Waals surface area contributed by atoms with E-state index in [0.29, 0.717) is 29.4 Å². The fraction of sp³-hybridized carbons (Fsp3) is 0.304. The summed E-state index contributed by atoms with van der Waals surface area (Å²) in [6.07, 6.45) is 1.98. The fourth-order valence-corrected chi connectivity index (χ4v) is 5.03. The van der Waals surface area contributed by atoms with Crippen LogP contribution in [0.1, 0.15) is 38.7 Å². The molecule has 3 N–H and O–H groups in total. The maximum atomic E-state index is 13.1. The van der Waals surface area contributed by atoms with Crippen LogP contribution in [0.4, 0.5) is 5.95 Å². The molecule has 0 fully saturated rings. The van der Waals surface area contributed by atoms with E-state index in [1.807, 2.05) is 13.8 Å². The summed E-state index contributed by atoms with van der Waals surface area (Å²) in [6, 6.07) is 12.6. The van der Waals surface area contributed by atoms with Gasteiger partial charge >= 0.3 is 0 Å². The molecule has 1 unspecified atom stereocenters. The van der Waals surface area contributed by atoms with E-state index in [-0.39, 0.29) is 22.2 Å². The van der Waals surface area contributed by atoms with Gasteiger partial charge in [-0.15, -0.1) is 0 Å². The minimum absolute atomic E-state index is 0.133. The summed E-state index contributed by atoms with van der Waals surface area (Å²) in [6.45, 7) is 4.16. The Morgan fingerprint density at radius 3 is 2.65 bits per heavy atom. The molecule has 10 nitrogen and oxygen atoms in total. The zero-order chi connectivity index (χ0) is 24.3. The summed E-state index contributed by atoms with van der Waals surface area (Å²) < 4.78 is 28.7. The molecule has 1 aliphatic heterocycles. The molecule has 2 aromatic carbocycles. The van der Waals surface area contributed by atoms with Gasteiger partial charge in [0, 0.05) is 12.1 Å². The molecular formula is C23H26N6O4S. The standard InChI is InChI=1S/C23H26N6O4S/c1-3-5-12-18(24-20-16-11-7-9-14-19(16)34(32,33)28-20)21(30)26-27-23-25-17-13-8-6-10-15(17)22(31)29(23)4-2/h6-11,13-14,18H,3-5,12H2,1-2H3,(H,24,28)(H,25,27)(H,26,30). The first-order chi connectivity index (χ1) is 16.4. The van der Waals surface area contributed by atoms with Gasteiger partial charge in [-0.25, -0.2) is 13.4 Å². The number of hydrogen-bond acceptors (Lipinski definition) is 7. The van der Waals surface area contributed by atoms with E-state index in [1.54, 1.807) is 42.5 Å². The summed E-state index contributed by atoms with van der Waals surface area (Å²) in [7, 11) is -3.71. The molecule has 2 heterocycles. The average Bonchev–Trinajstić information content (AvgIpc) is 3.10. The SMILES string of the molecule is CCCCC(N=C1NS(=O)(=O)c2ccccc21)C(=O)NNc1nc2ccccc2c(=O)n1CC. The van der Waals surface area contributed by atoms with Gasteiger partial charge in [-0.2, -0.15) is 0 Å². The third-order valence-electron chi connectivity index (χ3n) is 5.56. The third-order valence-corrected chi connectivity index (χ3v) is 6.95. The lowest BCUT2D eigenvalue weighted by Crippen LogP contribution is -2.40. The number of para-hydroxylation sites is 1. The van der Waals surface area contributed by atoms with Crippen molar-refractivity contribution in [3.05, 3.63) is 64.4 Å². The van der Waals surface area contributed by atoms with E-state index in [9.17, 15) is 18.0 Å². The van der Waals surface area contributed by atoms with E-state index in [0.717, 1.165) is 12.8 Å². The lowest BCUT2D eigenvalue weighted by molar-refractivity contribution is -0.121. The molecule has 0 radical (unpaired) electrons. The van der Waals surface area contributed by atoms with Crippen LogP contribution in [0, 0.1) is 0 Å². The number of aliphatic imine (C=N–C) groups is 1. The number of carbonyl (C=O) groups excluding carboxylic acids is 1. The number of amidine groups is 1. The molecule has 3 aromatic rings. The number of benzene rings is 2. The molecule has 34 heavy (non-hydrogen) atoms. The van der Waals surface area contributed by atoms with Crippen LogP contribution < -0.4 is 21.1 Å². The van der Waals surface area contributed by atoms with E-state index >= 15 is 0 Å². The second-order valence-corrected chi connectivity index (χ2v) is 9.50. The Morgan fingerprint density at radius 1 is 1.15 bits per heavy atom. The van der Waals surface area contributed by atoms with Crippen molar-refractivity contribution in [1.29, 1.82) is 0 Å². The maximum absolute atomic E-state index is 13.1. The molecule has 0 spiro atoms. The van der Waals surface area contributed by atoms with Crippen LogP contribution in [0.3, 0.4) is 0 Å². The average molecular weight is 483 g/mol. The summed E-state index contributed by atoms with van der Waals surface area (Å²) >= 11 is 0. The highest BCUT2D eigenvalue weighted by molar-refractivity contribution is 7.90. The number of amides is 1. The quantitative estimate of drug-likeness (QED) is 0.421. The highest BCUT2D eigenvalue weighted by Crippen LogP contribution is 2.23. The Morgan fingerprint density at radius 2 is 1.88 bits per heavy atom. The largest absolute Gasteiger partial charge is 0.277 e. The number of hydrazine groups is 1. The summed E-state index contributed by atoms with van der Waals surface area (Å²) in [5.74, 6) is -0.121. The molecule has 0 saturated heterocycles. The molecule has 0 bridgehead atoms. The van der Waals surface area contributed by atoms with E-state index < -0.39 is 22.0 Å². The van der Waals surface area contributed by atoms with Crippen molar-refractivity contribution < 1.29 is 13.2 Å². The number of fused-ring (bicyclic) bond motifs is 2. The zero-order valence-corrected chi connectivity index (χ0v) is 19.7. The molecule has 178 valence electrons. The van der Waals surface area contributed by atoms with Crippen LogP contribution in [-0.2, 0) is 21.4 Å². The lowest BCUT2D eigenvalue weighted by atomic mass is 10.1. The van der Waals surface area contributed by atoms with Gasteiger partial charge in [0.15, 0.2) is 0 Å².